The number of carboxylic acids is 1. The SMILES string of the molecule is CCOSC(CC)C(=O)NCC(CCC(=O)O)NC(=O)C(CC)SOCC. The molecule has 0 aromatic rings. The Morgan fingerprint density at radius 2 is 1.44 bits per heavy atom. The van der Waals surface area contributed by atoms with E-state index in [2.05, 4.69) is 10.6 Å². The average Bonchev–Trinajstić information content (AvgIpc) is 2.64. The molecule has 3 N–H and O–H groups in total. The maximum Gasteiger partial charge on any atom is 0.303 e. The van der Waals surface area contributed by atoms with Crippen LogP contribution in [0.5, 0.6) is 0 Å². The second-order valence-corrected chi connectivity index (χ2v) is 7.68. The van der Waals surface area contributed by atoms with Crippen LogP contribution in [0.15, 0.2) is 0 Å². The Morgan fingerprint density at radius 3 is 1.89 bits per heavy atom. The van der Waals surface area contributed by atoms with Gasteiger partial charge in [-0.3, -0.25) is 14.4 Å². The molecule has 0 fully saturated rings. The standard InChI is InChI=1S/C17H32N2O6S2/c1-5-13(26-24-7-3)16(22)18-11-12(9-10-15(20)21)19-17(23)14(6-2)27-25-8-4/h12-14H,5-11H2,1-4H3,(H,18,22)(H,19,23)(H,20,21). The van der Waals surface area contributed by atoms with Crippen LogP contribution < -0.4 is 10.6 Å². The summed E-state index contributed by atoms with van der Waals surface area (Å²) in [6.07, 6.45) is 1.32. The lowest BCUT2D eigenvalue weighted by Gasteiger charge is -2.22. The molecule has 3 atom stereocenters. The molecule has 0 aliphatic carbocycles. The van der Waals surface area contributed by atoms with Gasteiger partial charge in [-0.15, -0.1) is 0 Å². The van der Waals surface area contributed by atoms with E-state index in [0.29, 0.717) is 26.1 Å². The molecule has 27 heavy (non-hydrogen) atoms. The average molecular weight is 425 g/mol. The Balaban J connectivity index is 4.76. The summed E-state index contributed by atoms with van der Waals surface area (Å²) >= 11 is 2.22. The Bertz CT molecular complexity index is 453. The minimum absolute atomic E-state index is 0.0961. The molecule has 8 nitrogen and oxygen atoms in total. The van der Waals surface area contributed by atoms with E-state index in [0.717, 1.165) is 24.1 Å². The molecule has 0 aromatic heterocycles. The van der Waals surface area contributed by atoms with Gasteiger partial charge in [0.1, 0.15) is 10.5 Å². The second kappa shape index (κ2) is 16.0. The molecule has 0 aromatic carbocycles. The Morgan fingerprint density at radius 1 is 0.926 bits per heavy atom. The van der Waals surface area contributed by atoms with E-state index in [1.165, 1.54) is 0 Å². The molecule has 10 heteroatoms. The third-order valence-corrected chi connectivity index (χ3v) is 5.81. The van der Waals surface area contributed by atoms with Crippen molar-refractivity contribution in [2.75, 3.05) is 19.8 Å². The number of nitrogens with one attached hydrogen (secondary N) is 2. The Labute approximate surface area is 170 Å². The maximum atomic E-state index is 12.4. The molecule has 0 spiro atoms. The first-order valence-electron chi connectivity index (χ1n) is 9.25. The summed E-state index contributed by atoms with van der Waals surface area (Å²) in [6, 6.07) is -0.469. The van der Waals surface area contributed by atoms with Crippen LogP contribution in [0.1, 0.15) is 53.4 Å². The van der Waals surface area contributed by atoms with Crippen LogP contribution in [0, 0.1) is 0 Å². The van der Waals surface area contributed by atoms with Crippen LogP contribution >= 0.6 is 24.1 Å². The van der Waals surface area contributed by atoms with Crippen LogP contribution in [-0.4, -0.2) is 59.2 Å². The molecule has 0 saturated heterocycles. The van der Waals surface area contributed by atoms with E-state index in [4.69, 9.17) is 13.5 Å². The van der Waals surface area contributed by atoms with Gasteiger partial charge in [0, 0.05) is 43.1 Å². The van der Waals surface area contributed by atoms with Crippen LogP contribution in [-0.2, 0) is 22.7 Å². The smallest absolute Gasteiger partial charge is 0.303 e. The summed E-state index contributed by atoms with van der Waals surface area (Å²) in [5, 5.41) is 13.8. The lowest BCUT2D eigenvalue weighted by molar-refractivity contribution is -0.137. The monoisotopic (exact) mass is 424 g/mol. The number of amides is 2. The summed E-state index contributed by atoms with van der Waals surface area (Å²) in [7, 11) is 0. The van der Waals surface area contributed by atoms with Gasteiger partial charge in [-0.2, -0.15) is 0 Å². The number of rotatable bonds is 16. The minimum Gasteiger partial charge on any atom is -0.481 e. The molecule has 0 bridgehead atoms. The van der Waals surface area contributed by atoms with Crippen molar-refractivity contribution in [3.63, 3.8) is 0 Å². The number of aliphatic carboxylic acids is 1. The highest BCUT2D eigenvalue weighted by molar-refractivity contribution is 7.96. The number of carbonyl (C=O) groups is 3. The molecular weight excluding hydrogens is 392 g/mol. The van der Waals surface area contributed by atoms with Gasteiger partial charge in [-0.05, 0) is 33.1 Å². The molecular formula is C17H32N2O6S2. The zero-order valence-corrected chi connectivity index (χ0v) is 18.1. The first kappa shape index (κ1) is 26.0. The summed E-state index contributed by atoms with van der Waals surface area (Å²) in [5.41, 5.74) is 0. The Hall–Kier alpha value is -0.970. The molecule has 0 heterocycles. The summed E-state index contributed by atoms with van der Waals surface area (Å²) in [5.74, 6) is -1.37. The van der Waals surface area contributed by atoms with Gasteiger partial charge >= 0.3 is 5.97 Å². The van der Waals surface area contributed by atoms with Crippen molar-refractivity contribution < 1.29 is 27.9 Å². The van der Waals surface area contributed by atoms with Crippen molar-refractivity contribution in [1.29, 1.82) is 0 Å². The van der Waals surface area contributed by atoms with Gasteiger partial charge in [-0.25, -0.2) is 0 Å². The lowest BCUT2D eigenvalue weighted by Crippen LogP contribution is -2.48. The molecule has 0 aliphatic heterocycles. The molecule has 3 unspecified atom stereocenters. The predicted molar refractivity (Wildman–Crippen MR) is 108 cm³/mol. The van der Waals surface area contributed by atoms with Crippen molar-refractivity contribution in [2.45, 2.75) is 69.9 Å². The summed E-state index contributed by atoms with van der Waals surface area (Å²) in [6.45, 7) is 8.60. The fraction of sp³-hybridized carbons (Fsp3) is 0.824. The minimum atomic E-state index is -0.949. The zero-order chi connectivity index (χ0) is 20.7. The van der Waals surface area contributed by atoms with E-state index in [9.17, 15) is 14.4 Å². The second-order valence-electron chi connectivity index (χ2n) is 5.68. The zero-order valence-electron chi connectivity index (χ0n) is 16.5. The number of hydrogen-bond donors (Lipinski definition) is 3. The third-order valence-electron chi connectivity index (χ3n) is 3.51. The van der Waals surface area contributed by atoms with E-state index < -0.39 is 12.0 Å². The number of hydrogen-bond acceptors (Lipinski definition) is 7. The van der Waals surface area contributed by atoms with Gasteiger partial charge in [0.15, 0.2) is 0 Å². The first-order chi connectivity index (χ1) is 12.9. The number of carboxylic acid groups (broad SMARTS) is 1. The highest BCUT2D eigenvalue weighted by Gasteiger charge is 2.24. The summed E-state index contributed by atoms with van der Waals surface area (Å²) in [4.78, 5) is 35.6. The van der Waals surface area contributed by atoms with Gasteiger partial charge in [-0.1, -0.05) is 13.8 Å². The maximum absolute atomic E-state index is 12.4. The highest BCUT2D eigenvalue weighted by atomic mass is 32.2. The fourth-order valence-electron chi connectivity index (χ4n) is 2.05. The molecule has 0 radical (unpaired) electrons. The molecule has 0 saturated carbocycles. The van der Waals surface area contributed by atoms with Crippen molar-refractivity contribution >= 4 is 41.9 Å². The lowest BCUT2D eigenvalue weighted by atomic mass is 10.1. The van der Waals surface area contributed by atoms with Crippen LogP contribution in [0.25, 0.3) is 0 Å². The van der Waals surface area contributed by atoms with Gasteiger partial charge in [0.25, 0.3) is 0 Å². The van der Waals surface area contributed by atoms with Crippen LogP contribution in [0.4, 0.5) is 0 Å². The topological polar surface area (TPSA) is 114 Å². The predicted octanol–water partition coefficient (Wildman–Crippen LogP) is 2.38. The van der Waals surface area contributed by atoms with E-state index >= 15 is 0 Å². The Kier molecular flexibility index (Phi) is 15.5. The molecule has 158 valence electrons. The van der Waals surface area contributed by atoms with Crippen molar-refractivity contribution in [3.05, 3.63) is 0 Å². The van der Waals surface area contributed by atoms with Crippen LogP contribution in [0.2, 0.25) is 0 Å². The van der Waals surface area contributed by atoms with Crippen LogP contribution in [0.3, 0.4) is 0 Å². The third kappa shape index (κ3) is 12.2. The first-order valence-corrected chi connectivity index (χ1v) is 10.9. The van der Waals surface area contributed by atoms with Gasteiger partial charge < -0.3 is 24.1 Å². The molecule has 0 aliphatic rings. The molecule has 0 rings (SSSR count). The largest absolute Gasteiger partial charge is 0.481 e. The van der Waals surface area contributed by atoms with Gasteiger partial charge in [0.05, 0.1) is 13.2 Å². The highest BCUT2D eigenvalue weighted by Crippen LogP contribution is 2.17. The normalized spacial score (nSPS) is 14.2. The quantitative estimate of drug-likeness (QED) is 0.324. The molecule has 2 amide bonds. The van der Waals surface area contributed by atoms with E-state index in [1.54, 1.807) is 0 Å². The van der Waals surface area contributed by atoms with E-state index in [-0.39, 0.29) is 41.7 Å². The van der Waals surface area contributed by atoms with E-state index in [1.807, 2.05) is 27.7 Å². The number of carbonyl (C=O) groups excluding carboxylic acids is 2. The van der Waals surface area contributed by atoms with Gasteiger partial charge in [0.2, 0.25) is 11.8 Å². The van der Waals surface area contributed by atoms with Crippen molar-refractivity contribution in [3.8, 4) is 0 Å². The summed E-state index contributed by atoms with van der Waals surface area (Å²) < 4.78 is 10.5. The fourth-order valence-corrected chi connectivity index (χ4v) is 3.25. The van der Waals surface area contributed by atoms with Crippen molar-refractivity contribution in [1.82, 2.24) is 10.6 Å². The van der Waals surface area contributed by atoms with Crippen molar-refractivity contribution in [2.24, 2.45) is 0 Å².